The van der Waals surface area contributed by atoms with Crippen LogP contribution in [0, 0.1) is 0 Å². The molecule has 3 rings (SSSR count). The Kier molecular flexibility index (Phi) is 11.6. The van der Waals surface area contributed by atoms with Crippen molar-refractivity contribution in [2.45, 2.75) is 37.5 Å². The Morgan fingerprint density at radius 3 is 1.85 bits per heavy atom. The SMILES string of the molecule is CCN(CC)c1ccc(C(=C2C=CC(=[N+](CC)CC)C=C2)c2cc(O)c(S(=O)(=O)O)cc2S(=O)(=O)[O-])cc1.[CaH2]. The Labute approximate surface area is 260 Å². The molecule has 0 aromatic heterocycles. The summed E-state index contributed by atoms with van der Waals surface area (Å²) in [5, 5.41) is 10.5. The van der Waals surface area contributed by atoms with Gasteiger partial charge in [0.1, 0.15) is 33.9 Å². The Balaban J connectivity index is 0.00000533. The van der Waals surface area contributed by atoms with E-state index in [4.69, 9.17) is 0 Å². The summed E-state index contributed by atoms with van der Waals surface area (Å²) >= 11 is 0. The summed E-state index contributed by atoms with van der Waals surface area (Å²) in [7, 11) is -10.2. The fourth-order valence-electron chi connectivity index (χ4n) is 4.49. The van der Waals surface area contributed by atoms with Crippen LogP contribution in [-0.2, 0) is 20.2 Å². The number of hydrogen-bond acceptors (Lipinski definition) is 7. The molecule has 0 unspecified atom stereocenters. The number of nitrogens with zero attached hydrogens (tertiary/aromatic N) is 2. The van der Waals surface area contributed by atoms with Gasteiger partial charge in [-0.2, -0.15) is 8.42 Å². The van der Waals surface area contributed by atoms with Crippen LogP contribution < -0.4 is 4.90 Å². The van der Waals surface area contributed by atoms with Gasteiger partial charge in [-0.3, -0.25) is 4.55 Å². The zero-order valence-electron chi connectivity index (χ0n) is 21.7. The van der Waals surface area contributed by atoms with Crippen LogP contribution in [0.5, 0.6) is 5.75 Å². The number of anilines is 1. The van der Waals surface area contributed by atoms with Crippen molar-refractivity contribution in [2.75, 3.05) is 31.1 Å². The van der Waals surface area contributed by atoms with Crippen LogP contribution in [0.25, 0.3) is 5.57 Å². The van der Waals surface area contributed by atoms with Crippen LogP contribution in [0.3, 0.4) is 0 Å². The van der Waals surface area contributed by atoms with Crippen LogP contribution in [0.15, 0.2) is 76.1 Å². The Bertz CT molecular complexity index is 1530. The summed E-state index contributed by atoms with van der Waals surface area (Å²) in [5.74, 6) is -0.882. The van der Waals surface area contributed by atoms with E-state index in [9.17, 15) is 31.0 Å². The third-order valence-corrected chi connectivity index (χ3v) is 8.21. The predicted molar refractivity (Wildman–Crippen MR) is 155 cm³/mol. The van der Waals surface area contributed by atoms with Crippen molar-refractivity contribution in [1.82, 2.24) is 0 Å². The first-order valence-corrected chi connectivity index (χ1v) is 15.1. The summed E-state index contributed by atoms with van der Waals surface area (Å²) in [6, 6.07) is 8.66. The molecule has 0 aliphatic heterocycles. The van der Waals surface area contributed by atoms with Gasteiger partial charge in [-0.15, -0.1) is 0 Å². The molecule has 208 valence electrons. The van der Waals surface area contributed by atoms with Crippen molar-refractivity contribution in [3.8, 4) is 5.75 Å². The number of hydrogen-bond donors (Lipinski definition) is 2. The first kappa shape index (κ1) is 33.2. The molecular formula is C27H34CaN2O7S2. The molecule has 0 radical (unpaired) electrons. The second-order valence-corrected chi connectivity index (χ2v) is 11.3. The van der Waals surface area contributed by atoms with E-state index >= 15 is 0 Å². The molecule has 0 spiro atoms. The van der Waals surface area contributed by atoms with E-state index in [0.29, 0.717) is 22.8 Å². The molecule has 2 aromatic rings. The first-order valence-electron chi connectivity index (χ1n) is 12.2. The van der Waals surface area contributed by atoms with Gasteiger partial charge < -0.3 is 14.6 Å². The number of aromatic hydroxyl groups is 1. The molecule has 0 atom stereocenters. The van der Waals surface area contributed by atoms with Gasteiger partial charge in [0.05, 0.1) is 4.90 Å². The van der Waals surface area contributed by atoms with Crippen LogP contribution in [0.2, 0.25) is 0 Å². The zero-order chi connectivity index (χ0) is 28.3. The van der Waals surface area contributed by atoms with Gasteiger partial charge >= 0.3 is 37.7 Å². The number of benzene rings is 2. The summed E-state index contributed by atoms with van der Waals surface area (Å²) in [5.41, 5.74) is 3.08. The molecule has 12 heteroatoms. The van der Waals surface area contributed by atoms with Crippen molar-refractivity contribution >= 4 is 74.9 Å². The molecule has 2 N–H and O–H groups in total. The van der Waals surface area contributed by atoms with Gasteiger partial charge in [-0.05, 0) is 80.8 Å². The minimum absolute atomic E-state index is 0. The quantitative estimate of drug-likeness (QED) is 0.254. The van der Waals surface area contributed by atoms with Crippen LogP contribution in [0.4, 0.5) is 5.69 Å². The van der Waals surface area contributed by atoms with Crippen molar-refractivity contribution in [3.05, 3.63) is 77.4 Å². The van der Waals surface area contributed by atoms with Crippen LogP contribution in [-0.4, -0.2) is 105 Å². The van der Waals surface area contributed by atoms with Gasteiger partial charge in [-0.1, -0.05) is 12.1 Å². The van der Waals surface area contributed by atoms with E-state index in [1.165, 1.54) is 0 Å². The van der Waals surface area contributed by atoms with Crippen LogP contribution in [0.1, 0.15) is 38.8 Å². The van der Waals surface area contributed by atoms with Gasteiger partial charge in [0.25, 0.3) is 10.1 Å². The van der Waals surface area contributed by atoms with E-state index in [2.05, 4.69) is 9.48 Å². The summed E-state index contributed by atoms with van der Waals surface area (Å²) in [6.45, 7) is 11.2. The fourth-order valence-corrected chi connectivity index (χ4v) is 5.85. The molecule has 0 bridgehead atoms. The van der Waals surface area contributed by atoms with Crippen molar-refractivity contribution < 1.29 is 35.6 Å². The standard InChI is InChI=1S/C27H32N2O7S2.Ca.2H/c1-5-28(6-2)21-13-9-19(10-14-21)27(20-11-15-22(16-12-20)29(7-3)8-4)23-17-24(30)26(38(34,35)36)18-25(23)37(31,32)33;;;/h9-18H,5-8H2,1-4H3,(H2-,30,31,32,33,34,35,36);;;. The molecule has 0 saturated carbocycles. The van der Waals surface area contributed by atoms with E-state index in [-0.39, 0.29) is 43.3 Å². The summed E-state index contributed by atoms with van der Waals surface area (Å²) in [4.78, 5) is 0.185. The van der Waals surface area contributed by atoms with Crippen molar-refractivity contribution in [3.63, 3.8) is 0 Å². The number of phenols is 1. The average Bonchev–Trinajstić information content (AvgIpc) is 2.86. The van der Waals surface area contributed by atoms with Gasteiger partial charge in [0.2, 0.25) is 0 Å². The summed E-state index contributed by atoms with van der Waals surface area (Å²) < 4.78 is 72.1. The summed E-state index contributed by atoms with van der Waals surface area (Å²) in [6.07, 6.45) is 7.28. The molecule has 0 amide bonds. The third kappa shape index (κ3) is 7.60. The topological polar surface area (TPSA) is 138 Å². The molecule has 0 heterocycles. The van der Waals surface area contributed by atoms with Gasteiger partial charge in [-0.25, -0.2) is 13.0 Å². The molecule has 1 aliphatic rings. The molecule has 0 saturated heterocycles. The van der Waals surface area contributed by atoms with Gasteiger partial charge in [0.15, 0.2) is 5.71 Å². The average molecular weight is 603 g/mol. The Hall–Kier alpha value is -1.99. The molecule has 2 aromatic carbocycles. The number of rotatable bonds is 9. The maximum atomic E-state index is 12.3. The molecule has 9 nitrogen and oxygen atoms in total. The maximum absolute atomic E-state index is 12.3. The van der Waals surface area contributed by atoms with Crippen LogP contribution >= 0.6 is 0 Å². The van der Waals surface area contributed by atoms with E-state index in [1.807, 2.05) is 52.0 Å². The molecular weight excluding hydrogens is 569 g/mol. The molecule has 1 aliphatic carbocycles. The Morgan fingerprint density at radius 1 is 0.872 bits per heavy atom. The second-order valence-electron chi connectivity index (χ2n) is 8.56. The third-order valence-electron chi connectivity index (χ3n) is 6.45. The van der Waals surface area contributed by atoms with E-state index in [0.717, 1.165) is 43.6 Å². The van der Waals surface area contributed by atoms with Gasteiger partial charge in [0, 0.05) is 36.5 Å². The second kappa shape index (κ2) is 13.6. The molecule has 0 fully saturated rings. The fraction of sp³-hybridized carbons (Fsp3) is 0.296. The van der Waals surface area contributed by atoms with Crippen molar-refractivity contribution in [2.24, 2.45) is 0 Å². The normalized spacial score (nSPS) is 13.3. The monoisotopic (exact) mass is 602 g/mol. The Morgan fingerprint density at radius 2 is 1.41 bits per heavy atom. The number of allylic oxidation sites excluding steroid dienone is 5. The predicted octanol–water partition coefficient (Wildman–Crippen LogP) is 2.89. The first-order chi connectivity index (χ1) is 17.8. The zero-order valence-corrected chi connectivity index (χ0v) is 23.4. The van der Waals surface area contributed by atoms with E-state index in [1.54, 1.807) is 24.3 Å². The van der Waals surface area contributed by atoms with E-state index < -0.39 is 35.8 Å². The molecule has 39 heavy (non-hydrogen) atoms. The minimum atomic E-state index is -5.23. The number of phenolic OH excluding ortho intramolecular Hbond substituents is 1. The van der Waals surface area contributed by atoms with Crippen molar-refractivity contribution in [1.29, 1.82) is 0 Å².